The lowest BCUT2D eigenvalue weighted by Gasteiger charge is -2.26. The van der Waals surface area contributed by atoms with Crippen LogP contribution < -0.4 is 11.1 Å². The summed E-state index contributed by atoms with van der Waals surface area (Å²) in [6.45, 7) is 1.85. The summed E-state index contributed by atoms with van der Waals surface area (Å²) < 4.78 is 5.32. The quantitative estimate of drug-likeness (QED) is 0.844. The minimum absolute atomic E-state index is 0.0234. The fourth-order valence-corrected chi connectivity index (χ4v) is 3.47. The van der Waals surface area contributed by atoms with E-state index in [1.165, 1.54) is 12.8 Å². The summed E-state index contributed by atoms with van der Waals surface area (Å²) in [6.07, 6.45) is 6.24. The van der Waals surface area contributed by atoms with Crippen molar-refractivity contribution in [3.63, 3.8) is 0 Å². The number of carbonyl (C=O) groups excluding carboxylic acids is 1. The third-order valence-corrected chi connectivity index (χ3v) is 5.19. The molecule has 3 atom stereocenters. The van der Waals surface area contributed by atoms with Gasteiger partial charge in [-0.2, -0.15) is 4.98 Å². The molecule has 3 unspecified atom stereocenters. The number of carbonyl (C=O) groups is 1. The van der Waals surface area contributed by atoms with Crippen LogP contribution in [-0.2, 0) is 4.79 Å². The van der Waals surface area contributed by atoms with Gasteiger partial charge in [0.15, 0.2) is 5.82 Å². The highest BCUT2D eigenvalue weighted by Crippen LogP contribution is 2.24. The molecule has 1 saturated carbocycles. The highest BCUT2D eigenvalue weighted by molar-refractivity contribution is 6.30. The molecule has 1 fully saturated rings. The minimum atomic E-state index is -0.343. The van der Waals surface area contributed by atoms with Gasteiger partial charge in [-0.15, -0.1) is 0 Å². The lowest BCUT2D eigenvalue weighted by Crippen LogP contribution is -2.43. The first-order chi connectivity index (χ1) is 12.5. The van der Waals surface area contributed by atoms with Crippen LogP contribution in [0.2, 0.25) is 5.02 Å². The first-order valence-electron chi connectivity index (χ1n) is 9.20. The van der Waals surface area contributed by atoms with Crippen LogP contribution in [0.4, 0.5) is 0 Å². The van der Waals surface area contributed by atoms with Crippen molar-refractivity contribution >= 4 is 17.5 Å². The highest BCUT2D eigenvalue weighted by Gasteiger charge is 2.28. The predicted molar refractivity (Wildman–Crippen MR) is 100 cm³/mol. The van der Waals surface area contributed by atoms with Crippen molar-refractivity contribution < 1.29 is 9.32 Å². The largest absolute Gasteiger partial charge is 0.346 e. The number of benzene rings is 1. The van der Waals surface area contributed by atoms with Crippen molar-refractivity contribution in [1.29, 1.82) is 0 Å². The lowest BCUT2D eigenvalue weighted by atomic mass is 9.86. The van der Waals surface area contributed by atoms with E-state index in [9.17, 15) is 4.79 Å². The number of nitrogens with two attached hydrogens (primary N) is 1. The van der Waals surface area contributed by atoms with E-state index in [2.05, 4.69) is 15.5 Å². The zero-order valence-corrected chi connectivity index (χ0v) is 15.7. The summed E-state index contributed by atoms with van der Waals surface area (Å²) in [7, 11) is 0. The van der Waals surface area contributed by atoms with Crippen LogP contribution in [0.25, 0.3) is 11.5 Å². The van der Waals surface area contributed by atoms with Gasteiger partial charge in [0.05, 0.1) is 12.0 Å². The number of halogens is 1. The molecule has 1 aromatic heterocycles. The maximum atomic E-state index is 12.7. The monoisotopic (exact) mass is 376 g/mol. The van der Waals surface area contributed by atoms with E-state index >= 15 is 0 Å². The van der Waals surface area contributed by atoms with Gasteiger partial charge in [-0.1, -0.05) is 42.4 Å². The van der Waals surface area contributed by atoms with Gasteiger partial charge in [-0.25, -0.2) is 0 Å². The van der Waals surface area contributed by atoms with E-state index in [1.807, 2.05) is 19.1 Å². The van der Waals surface area contributed by atoms with Crippen molar-refractivity contribution in [2.45, 2.75) is 57.5 Å². The highest BCUT2D eigenvalue weighted by atomic mass is 35.5. The predicted octanol–water partition coefficient (Wildman–Crippen LogP) is 3.86. The van der Waals surface area contributed by atoms with Gasteiger partial charge in [-0.3, -0.25) is 4.79 Å². The van der Waals surface area contributed by atoms with Crippen LogP contribution in [0.3, 0.4) is 0 Å². The van der Waals surface area contributed by atoms with Gasteiger partial charge in [0.1, 0.15) is 0 Å². The number of rotatable bonds is 4. The molecule has 1 amide bonds. The van der Waals surface area contributed by atoms with E-state index in [1.54, 1.807) is 12.1 Å². The van der Waals surface area contributed by atoms with Crippen molar-refractivity contribution in [2.75, 3.05) is 0 Å². The molecular formula is C19H25ClN4O2. The van der Waals surface area contributed by atoms with Crippen molar-refractivity contribution in [3.05, 3.63) is 35.1 Å². The fourth-order valence-electron chi connectivity index (χ4n) is 3.34. The molecule has 0 bridgehead atoms. The molecule has 6 nitrogen and oxygen atoms in total. The van der Waals surface area contributed by atoms with E-state index in [0.717, 1.165) is 31.2 Å². The van der Waals surface area contributed by atoms with Gasteiger partial charge in [0.2, 0.25) is 5.91 Å². The first-order valence-corrected chi connectivity index (χ1v) is 9.58. The molecule has 2 aromatic rings. The van der Waals surface area contributed by atoms with Crippen LogP contribution in [-0.4, -0.2) is 22.1 Å². The summed E-state index contributed by atoms with van der Waals surface area (Å²) in [5, 5.41) is 7.64. The second-order valence-corrected chi connectivity index (χ2v) is 7.39. The number of hydrogen-bond acceptors (Lipinski definition) is 5. The molecule has 26 heavy (non-hydrogen) atoms. The molecule has 1 aliphatic rings. The molecule has 3 N–H and O–H groups in total. The molecule has 1 aromatic carbocycles. The number of hydrogen-bond donors (Lipinski definition) is 2. The molecule has 1 aliphatic carbocycles. The van der Waals surface area contributed by atoms with E-state index in [-0.39, 0.29) is 23.9 Å². The summed E-state index contributed by atoms with van der Waals surface area (Å²) in [6, 6.07) is 6.74. The van der Waals surface area contributed by atoms with Gasteiger partial charge < -0.3 is 15.6 Å². The molecule has 0 aliphatic heterocycles. The second-order valence-electron chi connectivity index (χ2n) is 6.96. The van der Waals surface area contributed by atoms with Crippen LogP contribution in [0, 0.1) is 5.92 Å². The standard InChI is InChI=1S/C19H25ClN4O2/c1-12(22-18(25)15-6-4-2-3-5-7-16(15)21)17-23-19(26-24-17)13-8-10-14(20)11-9-13/h8-12,15-16H,2-7,21H2,1H3,(H,22,25). The van der Waals surface area contributed by atoms with Gasteiger partial charge in [-0.05, 0) is 44.0 Å². The van der Waals surface area contributed by atoms with Gasteiger partial charge in [0.25, 0.3) is 5.89 Å². The third-order valence-electron chi connectivity index (χ3n) is 4.94. The van der Waals surface area contributed by atoms with E-state index in [0.29, 0.717) is 16.7 Å². The van der Waals surface area contributed by atoms with Crippen LogP contribution in [0.1, 0.15) is 57.3 Å². The van der Waals surface area contributed by atoms with Gasteiger partial charge in [0, 0.05) is 16.6 Å². The Morgan fingerprint density at radius 3 is 2.65 bits per heavy atom. The maximum absolute atomic E-state index is 12.7. The van der Waals surface area contributed by atoms with Crippen LogP contribution >= 0.6 is 11.6 Å². The second kappa shape index (κ2) is 8.64. The topological polar surface area (TPSA) is 94.0 Å². The number of nitrogens with one attached hydrogen (secondary N) is 1. The molecule has 0 spiro atoms. The smallest absolute Gasteiger partial charge is 0.257 e. The van der Waals surface area contributed by atoms with Gasteiger partial charge >= 0.3 is 0 Å². The Morgan fingerprint density at radius 1 is 1.23 bits per heavy atom. The maximum Gasteiger partial charge on any atom is 0.257 e. The molecular weight excluding hydrogens is 352 g/mol. The Balaban J connectivity index is 1.64. The summed E-state index contributed by atoms with van der Waals surface area (Å²) in [5.41, 5.74) is 7.02. The third kappa shape index (κ3) is 4.62. The average molecular weight is 377 g/mol. The molecule has 0 saturated heterocycles. The summed E-state index contributed by atoms with van der Waals surface area (Å²) in [4.78, 5) is 17.1. The Morgan fingerprint density at radius 2 is 1.92 bits per heavy atom. The first kappa shape index (κ1) is 18.9. The normalized spacial score (nSPS) is 22.3. The zero-order chi connectivity index (χ0) is 18.5. The SMILES string of the molecule is CC(NC(=O)C1CCCCCCC1N)c1noc(-c2ccc(Cl)cc2)n1. The molecule has 3 rings (SSSR count). The Labute approximate surface area is 158 Å². The van der Waals surface area contributed by atoms with E-state index in [4.69, 9.17) is 21.9 Å². The summed E-state index contributed by atoms with van der Waals surface area (Å²) >= 11 is 5.90. The Kier molecular flexibility index (Phi) is 6.27. The van der Waals surface area contributed by atoms with Crippen molar-refractivity contribution in [1.82, 2.24) is 15.5 Å². The van der Waals surface area contributed by atoms with E-state index < -0.39 is 0 Å². The molecule has 7 heteroatoms. The Bertz CT molecular complexity index is 731. The molecule has 1 heterocycles. The molecule has 0 radical (unpaired) electrons. The Hall–Kier alpha value is -1.92. The zero-order valence-electron chi connectivity index (χ0n) is 15.0. The van der Waals surface area contributed by atoms with Crippen molar-refractivity contribution in [2.24, 2.45) is 11.7 Å². The number of amides is 1. The minimum Gasteiger partial charge on any atom is -0.346 e. The average Bonchev–Trinajstić information content (AvgIpc) is 3.09. The van der Waals surface area contributed by atoms with Crippen molar-refractivity contribution in [3.8, 4) is 11.5 Å². The van der Waals surface area contributed by atoms with Crippen LogP contribution in [0.15, 0.2) is 28.8 Å². The molecule has 140 valence electrons. The fraction of sp³-hybridized carbons (Fsp3) is 0.526. The summed E-state index contributed by atoms with van der Waals surface area (Å²) in [5.74, 6) is 0.674. The lowest BCUT2D eigenvalue weighted by molar-refractivity contribution is -0.126. The van der Waals surface area contributed by atoms with Crippen LogP contribution in [0.5, 0.6) is 0 Å². The number of nitrogens with zero attached hydrogens (tertiary/aromatic N) is 2. The number of aromatic nitrogens is 2.